The highest BCUT2D eigenvalue weighted by atomic mass is 16.5. The molecule has 2 rings (SSSR count). The van der Waals surface area contributed by atoms with Crippen molar-refractivity contribution in [3.05, 3.63) is 0 Å². The van der Waals surface area contributed by atoms with Gasteiger partial charge < -0.3 is 20.1 Å². The molecule has 0 radical (unpaired) electrons. The molecule has 1 heterocycles. The number of hydrogen-bond acceptors (Lipinski definition) is 4. The predicted octanol–water partition coefficient (Wildman–Crippen LogP) is 2.11. The lowest BCUT2D eigenvalue weighted by Crippen LogP contribution is -2.44. The van der Waals surface area contributed by atoms with Gasteiger partial charge in [-0.25, -0.2) is 0 Å². The normalized spacial score (nSPS) is 22.3. The van der Waals surface area contributed by atoms with Crippen LogP contribution in [0.25, 0.3) is 0 Å². The summed E-state index contributed by atoms with van der Waals surface area (Å²) in [7, 11) is 1.85. The van der Waals surface area contributed by atoms with Crippen LogP contribution >= 0.6 is 0 Å². The molecule has 2 unspecified atom stereocenters. The van der Waals surface area contributed by atoms with Gasteiger partial charge in [0.2, 0.25) is 0 Å². The number of ether oxygens (including phenoxy) is 2. The van der Waals surface area contributed by atoms with Crippen molar-refractivity contribution in [1.29, 1.82) is 0 Å². The maximum absolute atomic E-state index is 6.01. The Morgan fingerprint density at radius 3 is 2.62 bits per heavy atom. The van der Waals surface area contributed by atoms with Gasteiger partial charge in [-0.1, -0.05) is 19.8 Å². The molecule has 0 aromatic rings. The standard InChI is InChI=1S/C20H40N4O2/c1-4-26-19(18-7-5-6-8-18)9-10-22-20(21-3)23-15-17(2)16-24-11-13-25-14-12-24/h17-19H,4-16H2,1-3H3,(H2,21,22,23). The van der Waals surface area contributed by atoms with Gasteiger partial charge in [-0.3, -0.25) is 9.89 Å². The Hall–Kier alpha value is -0.850. The summed E-state index contributed by atoms with van der Waals surface area (Å²) in [5, 5.41) is 6.94. The van der Waals surface area contributed by atoms with Crippen molar-refractivity contribution in [3.63, 3.8) is 0 Å². The Bertz CT molecular complexity index is 393. The summed E-state index contributed by atoms with van der Waals surface area (Å²) in [4.78, 5) is 6.85. The molecule has 0 aromatic carbocycles. The van der Waals surface area contributed by atoms with E-state index in [1.807, 2.05) is 7.05 Å². The van der Waals surface area contributed by atoms with Crippen molar-refractivity contribution < 1.29 is 9.47 Å². The summed E-state index contributed by atoms with van der Waals surface area (Å²) < 4.78 is 11.4. The molecule has 1 saturated carbocycles. The zero-order chi connectivity index (χ0) is 18.6. The molecule has 152 valence electrons. The van der Waals surface area contributed by atoms with Crippen LogP contribution in [0.4, 0.5) is 0 Å². The van der Waals surface area contributed by atoms with Crippen LogP contribution in [0.5, 0.6) is 0 Å². The van der Waals surface area contributed by atoms with Crippen molar-refractivity contribution in [2.75, 3.05) is 59.6 Å². The average molecular weight is 369 g/mol. The second-order valence-corrected chi connectivity index (χ2v) is 7.73. The van der Waals surface area contributed by atoms with Gasteiger partial charge in [0.15, 0.2) is 5.96 Å². The van der Waals surface area contributed by atoms with E-state index in [0.29, 0.717) is 12.0 Å². The highest BCUT2D eigenvalue weighted by molar-refractivity contribution is 5.79. The topological polar surface area (TPSA) is 58.1 Å². The lowest BCUT2D eigenvalue weighted by molar-refractivity contribution is 0.0169. The van der Waals surface area contributed by atoms with Gasteiger partial charge >= 0.3 is 0 Å². The average Bonchev–Trinajstić information content (AvgIpc) is 3.19. The third kappa shape index (κ3) is 7.80. The Morgan fingerprint density at radius 2 is 1.96 bits per heavy atom. The fraction of sp³-hybridized carbons (Fsp3) is 0.950. The minimum absolute atomic E-state index is 0.397. The molecule has 2 N–H and O–H groups in total. The van der Waals surface area contributed by atoms with Gasteiger partial charge in [-0.05, 0) is 38.0 Å². The summed E-state index contributed by atoms with van der Waals surface area (Å²) in [5.41, 5.74) is 0. The van der Waals surface area contributed by atoms with Crippen molar-refractivity contribution in [2.24, 2.45) is 16.8 Å². The predicted molar refractivity (Wildman–Crippen MR) is 108 cm³/mol. The summed E-state index contributed by atoms with van der Waals surface area (Å²) in [5.74, 6) is 2.24. The first-order valence-electron chi connectivity index (χ1n) is 10.6. The molecule has 1 saturated heterocycles. The van der Waals surface area contributed by atoms with Gasteiger partial charge in [0.1, 0.15) is 0 Å². The summed E-state index contributed by atoms with van der Waals surface area (Å²) in [6.07, 6.45) is 6.85. The van der Waals surface area contributed by atoms with Crippen molar-refractivity contribution >= 4 is 5.96 Å². The van der Waals surface area contributed by atoms with Gasteiger partial charge in [0, 0.05) is 46.4 Å². The van der Waals surface area contributed by atoms with E-state index in [9.17, 15) is 0 Å². The molecule has 6 heteroatoms. The summed E-state index contributed by atoms with van der Waals surface area (Å²) in [6.45, 7) is 12.0. The van der Waals surface area contributed by atoms with Crippen molar-refractivity contribution in [3.8, 4) is 0 Å². The van der Waals surface area contributed by atoms with Crippen LogP contribution in [0, 0.1) is 11.8 Å². The number of aliphatic imine (C=N–C) groups is 1. The Morgan fingerprint density at radius 1 is 1.23 bits per heavy atom. The highest BCUT2D eigenvalue weighted by Crippen LogP contribution is 2.30. The van der Waals surface area contributed by atoms with Crippen LogP contribution in [0.15, 0.2) is 4.99 Å². The van der Waals surface area contributed by atoms with Crippen LogP contribution in [0.3, 0.4) is 0 Å². The fourth-order valence-corrected chi connectivity index (χ4v) is 4.11. The first kappa shape index (κ1) is 21.5. The van der Waals surface area contributed by atoms with Crippen LogP contribution in [0.2, 0.25) is 0 Å². The minimum atomic E-state index is 0.397. The van der Waals surface area contributed by atoms with Gasteiger partial charge in [0.05, 0.1) is 19.3 Å². The van der Waals surface area contributed by atoms with Gasteiger partial charge in [-0.15, -0.1) is 0 Å². The minimum Gasteiger partial charge on any atom is -0.379 e. The van der Waals surface area contributed by atoms with Crippen LogP contribution in [-0.2, 0) is 9.47 Å². The van der Waals surface area contributed by atoms with E-state index >= 15 is 0 Å². The molecule has 1 aliphatic heterocycles. The van der Waals surface area contributed by atoms with E-state index in [4.69, 9.17) is 9.47 Å². The van der Waals surface area contributed by atoms with Crippen molar-refractivity contribution in [1.82, 2.24) is 15.5 Å². The van der Waals surface area contributed by atoms with Crippen LogP contribution < -0.4 is 10.6 Å². The van der Waals surface area contributed by atoms with Gasteiger partial charge in [0.25, 0.3) is 0 Å². The molecule has 2 aliphatic rings. The van der Waals surface area contributed by atoms with E-state index in [0.717, 1.165) is 70.8 Å². The number of guanidine groups is 1. The first-order chi connectivity index (χ1) is 12.7. The van der Waals surface area contributed by atoms with E-state index in [2.05, 4.69) is 34.4 Å². The first-order valence-corrected chi connectivity index (χ1v) is 10.6. The monoisotopic (exact) mass is 368 g/mol. The molecule has 2 atom stereocenters. The molecular formula is C20H40N4O2. The maximum atomic E-state index is 6.01. The van der Waals surface area contributed by atoms with E-state index < -0.39 is 0 Å². The lowest BCUT2D eigenvalue weighted by atomic mass is 9.98. The molecule has 1 aliphatic carbocycles. The SMILES string of the molecule is CCOC(CCNC(=NC)NCC(C)CN1CCOCC1)C1CCCC1. The number of nitrogens with one attached hydrogen (secondary N) is 2. The second-order valence-electron chi connectivity index (χ2n) is 7.73. The molecule has 0 bridgehead atoms. The second kappa shape index (κ2) is 12.5. The number of nitrogens with zero attached hydrogens (tertiary/aromatic N) is 2. The quantitative estimate of drug-likeness (QED) is 0.457. The Balaban J connectivity index is 1.63. The smallest absolute Gasteiger partial charge is 0.190 e. The Labute approximate surface area is 160 Å². The molecule has 0 aromatic heterocycles. The largest absolute Gasteiger partial charge is 0.379 e. The summed E-state index contributed by atoms with van der Waals surface area (Å²) in [6, 6.07) is 0. The van der Waals surface area contributed by atoms with Crippen molar-refractivity contribution in [2.45, 2.75) is 52.1 Å². The van der Waals surface area contributed by atoms with Crippen LogP contribution in [0.1, 0.15) is 46.0 Å². The fourth-order valence-electron chi connectivity index (χ4n) is 4.11. The molecule has 0 spiro atoms. The highest BCUT2D eigenvalue weighted by Gasteiger charge is 2.25. The lowest BCUT2D eigenvalue weighted by Gasteiger charge is -2.29. The molecule has 0 amide bonds. The molecular weight excluding hydrogens is 328 g/mol. The van der Waals surface area contributed by atoms with E-state index in [1.165, 1.54) is 25.7 Å². The molecule has 26 heavy (non-hydrogen) atoms. The van der Waals surface area contributed by atoms with E-state index in [-0.39, 0.29) is 0 Å². The molecule has 6 nitrogen and oxygen atoms in total. The van der Waals surface area contributed by atoms with Gasteiger partial charge in [-0.2, -0.15) is 0 Å². The zero-order valence-corrected chi connectivity index (χ0v) is 17.1. The Kier molecular flexibility index (Phi) is 10.3. The maximum Gasteiger partial charge on any atom is 0.190 e. The number of rotatable bonds is 10. The third-order valence-electron chi connectivity index (χ3n) is 5.54. The van der Waals surface area contributed by atoms with E-state index in [1.54, 1.807) is 0 Å². The summed E-state index contributed by atoms with van der Waals surface area (Å²) >= 11 is 0. The third-order valence-corrected chi connectivity index (χ3v) is 5.54. The number of hydrogen-bond donors (Lipinski definition) is 2. The van der Waals surface area contributed by atoms with Crippen LogP contribution in [-0.4, -0.2) is 76.6 Å². The molecule has 2 fully saturated rings. The number of morpholine rings is 1. The zero-order valence-electron chi connectivity index (χ0n) is 17.1.